The second-order valence-corrected chi connectivity index (χ2v) is 6.39. The van der Waals surface area contributed by atoms with Gasteiger partial charge >= 0.3 is 7.82 Å². The van der Waals surface area contributed by atoms with E-state index in [0.717, 1.165) is 12.8 Å². The molecule has 136 valence electrons. The van der Waals surface area contributed by atoms with Gasteiger partial charge in [0.15, 0.2) is 5.96 Å². The normalized spacial score (nSPS) is 11.5. The van der Waals surface area contributed by atoms with E-state index in [1.165, 1.54) is 6.20 Å². The van der Waals surface area contributed by atoms with Crippen LogP contribution >= 0.6 is 7.82 Å². The third-order valence-corrected chi connectivity index (χ3v) is 3.64. The van der Waals surface area contributed by atoms with Gasteiger partial charge in [-0.25, -0.2) is 4.57 Å². The van der Waals surface area contributed by atoms with Gasteiger partial charge in [-0.2, -0.15) is 0 Å². The topological polar surface area (TPSA) is 176 Å². The number of nitrogens with one attached hydrogen (secondary N) is 1. The Morgan fingerprint density at radius 2 is 2.12 bits per heavy atom. The number of nitrogens with two attached hydrogens (primary N) is 2. The molecule has 0 saturated carbocycles. The maximum absolute atomic E-state index is 10.8. The highest BCUT2D eigenvalue weighted by Gasteiger charge is 2.17. The van der Waals surface area contributed by atoms with Crippen LogP contribution in [0.15, 0.2) is 11.2 Å². The molecule has 0 fully saturated rings. The summed E-state index contributed by atoms with van der Waals surface area (Å²) in [5, 5.41) is 13.3. The number of pyridine rings is 1. The van der Waals surface area contributed by atoms with Crippen molar-refractivity contribution in [1.82, 2.24) is 10.3 Å². The van der Waals surface area contributed by atoms with E-state index < -0.39 is 7.82 Å². The predicted molar refractivity (Wildman–Crippen MR) is 89.1 cm³/mol. The summed E-state index contributed by atoms with van der Waals surface area (Å²) in [7, 11) is -4.59. The van der Waals surface area contributed by atoms with Gasteiger partial charge in [-0.1, -0.05) is 0 Å². The van der Waals surface area contributed by atoms with Gasteiger partial charge in [0.1, 0.15) is 5.75 Å². The zero-order chi connectivity index (χ0) is 18.2. The highest BCUT2D eigenvalue weighted by atomic mass is 31.2. The summed E-state index contributed by atoms with van der Waals surface area (Å²) in [5.41, 5.74) is 11.8. The number of aromatic nitrogens is 1. The summed E-state index contributed by atoms with van der Waals surface area (Å²) in [6, 6.07) is 0. The molecule has 1 rings (SSSR count). The number of aryl methyl sites for hydroxylation is 1. The molecule has 1 heterocycles. The average molecular weight is 361 g/mol. The van der Waals surface area contributed by atoms with E-state index in [2.05, 4.69) is 19.8 Å². The molecule has 0 aliphatic rings. The standard InChI is InChI=1S/C13H24N5O5P/c1-9-12(19)11(7-16-4-2-3-5-17-13(14)15)10(6-18-9)8-23-24(20,21)22/h6,16,19H,2-5,7-8H2,1H3,(H4,14,15,17)(H2,20,21,22). The lowest BCUT2D eigenvalue weighted by atomic mass is 10.1. The van der Waals surface area contributed by atoms with Gasteiger partial charge < -0.3 is 31.7 Å². The Labute approximate surface area is 140 Å². The largest absolute Gasteiger partial charge is 0.506 e. The first-order valence-electron chi connectivity index (χ1n) is 7.33. The van der Waals surface area contributed by atoms with Crippen LogP contribution in [0.1, 0.15) is 29.7 Å². The smallest absolute Gasteiger partial charge is 0.469 e. The number of nitrogens with zero attached hydrogens (tertiary/aromatic N) is 2. The van der Waals surface area contributed by atoms with Gasteiger partial charge in [0.25, 0.3) is 0 Å². The maximum atomic E-state index is 10.8. The van der Waals surface area contributed by atoms with E-state index >= 15 is 0 Å². The van der Waals surface area contributed by atoms with Gasteiger partial charge in [0.2, 0.25) is 0 Å². The number of rotatable bonds is 10. The minimum Gasteiger partial charge on any atom is -0.506 e. The molecule has 24 heavy (non-hydrogen) atoms. The quantitative estimate of drug-likeness (QED) is 0.143. The van der Waals surface area contributed by atoms with E-state index in [4.69, 9.17) is 21.3 Å². The van der Waals surface area contributed by atoms with E-state index in [9.17, 15) is 9.67 Å². The SMILES string of the molecule is Cc1ncc(COP(=O)(O)O)c(CNCCCCN=C(N)N)c1O. The molecule has 1 aromatic rings. The van der Waals surface area contributed by atoms with Crippen molar-refractivity contribution in [2.75, 3.05) is 13.1 Å². The maximum Gasteiger partial charge on any atom is 0.469 e. The molecule has 0 aliphatic heterocycles. The van der Waals surface area contributed by atoms with Crippen molar-refractivity contribution >= 4 is 13.8 Å². The van der Waals surface area contributed by atoms with Crippen LogP contribution in [0.25, 0.3) is 0 Å². The third kappa shape index (κ3) is 7.71. The van der Waals surface area contributed by atoms with Gasteiger partial charge in [-0.15, -0.1) is 0 Å². The molecule has 0 bridgehead atoms. The molecule has 0 spiro atoms. The number of aliphatic imine (C=N–C) groups is 1. The fourth-order valence-corrected chi connectivity index (χ4v) is 2.25. The molecular weight excluding hydrogens is 337 g/mol. The van der Waals surface area contributed by atoms with Crippen molar-refractivity contribution in [3.05, 3.63) is 23.0 Å². The molecule has 0 aromatic carbocycles. The first-order valence-corrected chi connectivity index (χ1v) is 8.86. The van der Waals surface area contributed by atoms with Gasteiger partial charge in [0, 0.05) is 30.4 Å². The van der Waals surface area contributed by atoms with E-state index in [1.54, 1.807) is 6.92 Å². The average Bonchev–Trinajstić information content (AvgIpc) is 2.48. The molecule has 0 aliphatic carbocycles. The number of hydrogen-bond acceptors (Lipinski definition) is 6. The van der Waals surface area contributed by atoms with Crippen LogP contribution in [0, 0.1) is 6.92 Å². The molecule has 0 amide bonds. The number of hydrogen-bond donors (Lipinski definition) is 6. The Morgan fingerprint density at radius 3 is 2.75 bits per heavy atom. The van der Waals surface area contributed by atoms with Gasteiger partial charge in [0.05, 0.1) is 12.3 Å². The molecule has 10 nitrogen and oxygen atoms in total. The van der Waals surface area contributed by atoms with Crippen molar-refractivity contribution in [2.45, 2.75) is 32.9 Å². The molecule has 0 saturated heterocycles. The summed E-state index contributed by atoms with van der Waals surface area (Å²) in [6.45, 7) is 2.83. The fraction of sp³-hybridized carbons (Fsp3) is 0.538. The summed E-state index contributed by atoms with van der Waals surface area (Å²) in [5.74, 6) is 0.0460. The molecular formula is C13H24N5O5P. The summed E-state index contributed by atoms with van der Waals surface area (Å²) >= 11 is 0. The Kier molecular flexibility index (Phi) is 8.09. The summed E-state index contributed by atoms with van der Waals surface area (Å²) in [6.07, 6.45) is 3.07. The van der Waals surface area contributed by atoms with Crippen LogP contribution in [0.4, 0.5) is 0 Å². The molecule has 11 heteroatoms. The highest BCUT2D eigenvalue weighted by molar-refractivity contribution is 7.46. The van der Waals surface area contributed by atoms with Crippen molar-refractivity contribution in [1.29, 1.82) is 0 Å². The Hall–Kier alpha value is -1.71. The Bertz CT molecular complexity index is 615. The first kappa shape index (κ1) is 20.3. The van der Waals surface area contributed by atoms with Crippen molar-refractivity contribution in [3.63, 3.8) is 0 Å². The van der Waals surface area contributed by atoms with Crippen LogP contribution in [0.2, 0.25) is 0 Å². The number of phosphoric acid groups is 1. The van der Waals surface area contributed by atoms with Crippen molar-refractivity contribution in [2.24, 2.45) is 16.5 Å². The Balaban J connectivity index is 2.57. The van der Waals surface area contributed by atoms with Gasteiger partial charge in [-0.3, -0.25) is 14.5 Å². The lowest BCUT2D eigenvalue weighted by Gasteiger charge is -2.14. The lowest BCUT2D eigenvalue weighted by Crippen LogP contribution is -2.23. The van der Waals surface area contributed by atoms with Crippen LogP contribution in [-0.2, 0) is 22.2 Å². The van der Waals surface area contributed by atoms with E-state index in [0.29, 0.717) is 36.5 Å². The number of phosphoric ester groups is 1. The summed E-state index contributed by atoms with van der Waals surface area (Å²) in [4.78, 5) is 25.4. The molecule has 0 atom stereocenters. The number of unbranched alkanes of at least 4 members (excludes halogenated alkanes) is 1. The first-order chi connectivity index (χ1) is 11.2. The molecule has 1 aromatic heterocycles. The zero-order valence-electron chi connectivity index (χ0n) is 13.5. The zero-order valence-corrected chi connectivity index (χ0v) is 14.4. The van der Waals surface area contributed by atoms with Crippen molar-refractivity contribution < 1.29 is 24.0 Å². The van der Waals surface area contributed by atoms with Crippen LogP contribution < -0.4 is 16.8 Å². The summed E-state index contributed by atoms with van der Waals surface area (Å²) < 4.78 is 15.3. The van der Waals surface area contributed by atoms with Crippen LogP contribution in [0.3, 0.4) is 0 Å². The van der Waals surface area contributed by atoms with Crippen LogP contribution in [0.5, 0.6) is 5.75 Å². The molecule has 0 radical (unpaired) electrons. The fourth-order valence-electron chi connectivity index (χ4n) is 1.94. The van der Waals surface area contributed by atoms with Gasteiger partial charge in [-0.05, 0) is 26.3 Å². The van der Waals surface area contributed by atoms with Crippen molar-refractivity contribution in [3.8, 4) is 5.75 Å². The minimum absolute atomic E-state index is 0.0187. The number of guanidine groups is 1. The predicted octanol–water partition coefficient (Wildman–Crippen LogP) is -0.152. The molecule has 8 N–H and O–H groups in total. The Morgan fingerprint density at radius 1 is 1.42 bits per heavy atom. The van der Waals surface area contributed by atoms with Crippen LogP contribution in [-0.4, -0.2) is 38.9 Å². The monoisotopic (exact) mass is 361 g/mol. The van der Waals surface area contributed by atoms with E-state index in [1.807, 2.05) is 0 Å². The van der Waals surface area contributed by atoms with E-state index in [-0.39, 0.29) is 18.3 Å². The lowest BCUT2D eigenvalue weighted by molar-refractivity contribution is 0.188. The molecule has 0 unspecified atom stereocenters. The third-order valence-electron chi connectivity index (χ3n) is 3.18. The minimum atomic E-state index is -4.59. The second kappa shape index (κ2) is 9.55. The number of aromatic hydroxyl groups is 1. The second-order valence-electron chi connectivity index (χ2n) is 5.15. The highest BCUT2D eigenvalue weighted by Crippen LogP contribution is 2.38.